The van der Waals surface area contributed by atoms with Crippen LogP contribution in [-0.4, -0.2) is 69.4 Å². The van der Waals surface area contributed by atoms with E-state index < -0.39 is 26.6 Å². The molecule has 71 heavy (non-hydrogen) atoms. The molecule has 0 aromatic heterocycles. The molecule has 0 saturated heterocycles. The summed E-state index contributed by atoms with van der Waals surface area (Å²) < 4.78 is 30.2. The summed E-state index contributed by atoms with van der Waals surface area (Å²) in [5.41, 5.74) is 0. The van der Waals surface area contributed by atoms with Crippen LogP contribution in [0.25, 0.3) is 0 Å². The summed E-state index contributed by atoms with van der Waals surface area (Å²) in [4.78, 5) is 39.9. The standard InChI is InChI=1S/C61H109N2O7P/c1-7-10-13-16-19-22-25-28-29-30-31-32-33-36-39-42-45-48-51-54-61(65)70-59(52-49-46-43-40-37-34-26-23-20-17-14-11-8-2)58(57-69-71(66,67)68-56-55-63(4,5)6)62-60(64)53-50-47-44-41-38-35-27-24-21-18-15-12-9-3/h12,15,18-19,21-22,24,27-29,31-32,49,52,58-59H,7-11,13-14,16-17,20,23,25-26,30,33-48,50-51,53-57H2,1-6H3,(H-,62,64,66,67)/b15-12+,21-18+,22-19-,27-24-,29-28-,32-31-,52-49-. The van der Waals surface area contributed by atoms with Crippen LogP contribution in [0.1, 0.15) is 239 Å². The molecular formula is C61H109N2O7P. The first kappa shape index (κ1) is 68.2. The van der Waals surface area contributed by atoms with Crippen molar-refractivity contribution in [1.82, 2.24) is 5.32 Å². The number of phosphoric acid groups is 1. The van der Waals surface area contributed by atoms with Gasteiger partial charge in [0.25, 0.3) is 7.82 Å². The van der Waals surface area contributed by atoms with Gasteiger partial charge in [-0.1, -0.05) is 222 Å². The second-order valence-corrected chi connectivity index (χ2v) is 21.9. The number of rotatable bonds is 51. The van der Waals surface area contributed by atoms with Gasteiger partial charge in [-0.05, 0) is 89.5 Å². The van der Waals surface area contributed by atoms with E-state index in [1.165, 1.54) is 83.5 Å². The fourth-order valence-electron chi connectivity index (χ4n) is 7.88. The van der Waals surface area contributed by atoms with Crippen molar-refractivity contribution >= 4 is 19.7 Å². The second kappa shape index (κ2) is 50.7. The number of likely N-dealkylation sites (N-methyl/N-ethyl adjacent to an activating group) is 1. The maximum atomic E-state index is 13.5. The van der Waals surface area contributed by atoms with Crippen molar-refractivity contribution in [1.29, 1.82) is 0 Å². The highest BCUT2D eigenvalue weighted by Crippen LogP contribution is 2.38. The summed E-state index contributed by atoms with van der Waals surface area (Å²) >= 11 is 0. The van der Waals surface area contributed by atoms with Crippen LogP contribution in [0, 0.1) is 0 Å². The Balaban J connectivity index is 5.39. The van der Waals surface area contributed by atoms with Gasteiger partial charge in [0.05, 0.1) is 33.8 Å². The second-order valence-electron chi connectivity index (χ2n) is 20.5. The Hall–Kier alpha value is -2.81. The first-order valence-corrected chi connectivity index (χ1v) is 30.4. The Labute approximate surface area is 437 Å². The third-order valence-corrected chi connectivity index (χ3v) is 13.3. The van der Waals surface area contributed by atoms with E-state index in [9.17, 15) is 19.0 Å². The molecule has 1 N–H and O–H groups in total. The van der Waals surface area contributed by atoms with E-state index in [2.05, 4.69) is 92.9 Å². The lowest BCUT2D eigenvalue weighted by molar-refractivity contribution is -0.870. The summed E-state index contributed by atoms with van der Waals surface area (Å²) in [5.74, 6) is -0.583. The molecule has 9 nitrogen and oxygen atoms in total. The van der Waals surface area contributed by atoms with Gasteiger partial charge < -0.3 is 28.5 Å². The molecule has 0 aliphatic rings. The maximum absolute atomic E-state index is 13.5. The van der Waals surface area contributed by atoms with E-state index in [0.29, 0.717) is 23.9 Å². The summed E-state index contributed by atoms with van der Waals surface area (Å²) in [6.07, 6.45) is 65.4. The predicted molar refractivity (Wildman–Crippen MR) is 302 cm³/mol. The predicted octanol–water partition coefficient (Wildman–Crippen LogP) is 16.8. The fraction of sp³-hybridized carbons (Fsp3) is 0.738. The Morgan fingerprint density at radius 2 is 0.958 bits per heavy atom. The van der Waals surface area contributed by atoms with E-state index in [1.807, 2.05) is 39.4 Å². The largest absolute Gasteiger partial charge is 0.756 e. The third-order valence-electron chi connectivity index (χ3n) is 12.4. The van der Waals surface area contributed by atoms with Gasteiger partial charge in [-0.2, -0.15) is 0 Å². The van der Waals surface area contributed by atoms with E-state index in [1.54, 1.807) is 0 Å². The first-order valence-electron chi connectivity index (χ1n) is 28.9. The average molecular weight is 1010 g/mol. The summed E-state index contributed by atoms with van der Waals surface area (Å²) in [6.45, 7) is 6.65. The third kappa shape index (κ3) is 51.9. The molecule has 0 aliphatic heterocycles. The lowest BCUT2D eigenvalue weighted by atomic mass is 10.0. The van der Waals surface area contributed by atoms with Crippen LogP contribution in [0.5, 0.6) is 0 Å². The van der Waals surface area contributed by atoms with E-state index in [0.717, 1.165) is 109 Å². The van der Waals surface area contributed by atoms with Gasteiger partial charge in [-0.3, -0.25) is 14.2 Å². The molecule has 0 rings (SSSR count). The monoisotopic (exact) mass is 1010 g/mol. The first-order chi connectivity index (χ1) is 34.4. The molecule has 0 aliphatic carbocycles. The zero-order valence-electron chi connectivity index (χ0n) is 46.7. The topological polar surface area (TPSA) is 114 Å². The number of amides is 1. The molecule has 3 atom stereocenters. The van der Waals surface area contributed by atoms with Crippen LogP contribution in [0.15, 0.2) is 85.1 Å². The number of ether oxygens (including phenoxy) is 1. The molecule has 1 amide bonds. The van der Waals surface area contributed by atoms with Crippen LogP contribution in [-0.2, 0) is 27.9 Å². The molecule has 0 aromatic carbocycles. The minimum Gasteiger partial charge on any atom is -0.756 e. The van der Waals surface area contributed by atoms with Crippen LogP contribution < -0.4 is 10.2 Å². The molecule has 0 radical (unpaired) electrons. The van der Waals surface area contributed by atoms with Crippen molar-refractivity contribution in [2.24, 2.45) is 0 Å². The molecule has 0 fully saturated rings. The normalized spacial score (nSPS) is 14.4. The highest BCUT2D eigenvalue weighted by Gasteiger charge is 2.27. The molecule has 3 unspecified atom stereocenters. The van der Waals surface area contributed by atoms with Crippen molar-refractivity contribution in [3.05, 3.63) is 85.1 Å². The number of nitrogens with zero attached hydrogens (tertiary/aromatic N) is 1. The van der Waals surface area contributed by atoms with Crippen molar-refractivity contribution in [3.63, 3.8) is 0 Å². The minimum absolute atomic E-state index is 0.0326. The number of phosphoric ester groups is 1. The number of carbonyl (C=O) groups excluding carboxylic acids is 2. The van der Waals surface area contributed by atoms with E-state index in [-0.39, 0.29) is 31.3 Å². The highest BCUT2D eigenvalue weighted by molar-refractivity contribution is 7.45. The van der Waals surface area contributed by atoms with Crippen LogP contribution in [0.2, 0.25) is 0 Å². The number of hydrogen-bond acceptors (Lipinski definition) is 7. The Morgan fingerprint density at radius 3 is 1.49 bits per heavy atom. The van der Waals surface area contributed by atoms with Gasteiger partial charge in [-0.25, -0.2) is 0 Å². The Bertz CT molecular complexity index is 1490. The van der Waals surface area contributed by atoms with E-state index in [4.69, 9.17) is 13.8 Å². The number of unbranched alkanes of at least 4 members (excludes halogenated alkanes) is 25. The van der Waals surface area contributed by atoms with Crippen LogP contribution in [0.4, 0.5) is 0 Å². The van der Waals surface area contributed by atoms with Crippen molar-refractivity contribution < 1.29 is 37.3 Å². The number of allylic oxidation sites excluding steroid dienone is 13. The summed E-state index contributed by atoms with van der Waals surface area (Å²) in [5, 5.41) is 3.00. The van der Waals surface area contributed by atoms with Gasteiger partial charge in [-0.15, -0.1) is 0 Å². The SMILES string of the molecule is CC/C=C/C=C/C=C\CCCCCCCC(=O)NC(COP(=O)([O-])OCC[N+](C)(C)C)C(/C=C\CCCCCCCCCCCCC)OC(=O)CCCCCCCC/C=C\C/C=C\C/C=C\CCCCC. The molecular weight excluding hydrogens is 904 g/mol. The molecule has 410 valence electrons. The maximum Gasteiger partial charge on any atom is 0.306 e. The number of hydrogen-bond donors (Lipinski definition) is 1. The molecule has 0 heterocycles. The van der Waals surface area contributed by atoms with Gasteiger partial charge in [0.1, 0.15) is 19.3 Å². The van der Waals surface area contributed by atoms with Crippen LogP contribution >= 0.6 is 7.82 Å². The van der Waals surface area contributed by atoms with E-state index >= 15 is 0 Å². The number of nitrogens with one attached hydrogen (secondary N) is 1. The molecule has 0 saturated carbocycles. The van der Waals surface area contributed by atoms with Crippen molar-refractivity contribution in [3.8, 4) is 0 Å². The van der Waals surface area contributed by atoms with Crippen molar-refractivity contribution in [2.75, 3.05) is 40.9 Å². The number of quaternary nitrogens is 1. The smallest absolute Gasteiger partial charge is 0.306 e. The lowest BCUT2D eigenvalue weighted by Crippen LogP contribution is -2.47. The molecule has 10 heteroatoms. The Morgan fingerprint density at radius 1 is 0.521 bits per heavy atom. The van der Waals surface area contributed by atoms with Crippen molar-refractivity contribution in [2.45, 2.75) is 251 Å². The Kier molecular flexibility index (Phi) is 48.7. The van der Waals surface area contributed by atoms with Gasteiger partial charge >= 0.3 is 5.97 Å². The lowest BCUT2D eigenvalue weighted by Gasteiger charge is -2.30. The van der Waals surface area contributed by atoms with Crippen LogP contribution in [0.3, 0.4) is 0 Å². The quantitative estimate of drug-likeness (QED) is 0.0161. The zero-order valence-corrected chi connectivity index (χ0v) is 47.5. The molecule has 0 bridgehead atoms. The zero-order chi connectivity index (χ0) is 52.2. The molecule has 0 spiro atoms. The highest BCUT2D eigenvalue weighted by atomic mass is 31.2. The minimum atomic E-state index is -4.71. The fourth-order valence-corrected chi connectivity index (χ4v) is 8.60. The van der Waals surface area contributed by atoms with Gasteiger partial charge in [0.2, 0.25) is 5.91 Å². The molecule has 0 aromatic rings. The number of carbonyl (C=O) groups is 2. The average Bonchev–Trinajstić information content (AvgIpc) is 3.33. The van der Waals surface area contributed by atoms with Gasteiger partial charge in [0, 0.05) is 12.8 Å². The summed E-state index contributed by atoms with van der Waals surface area (Å²) in [6, 6.07) is -0.907. The summed E-state index contributed by atoms with van der Waals surface area (Å²) in [7, 11) is 1.15. The number of esters is 1. The van der Waals surface area contributed by atoms with Gasteiger partial charge in [0.15, 0.2) is 0 Å².